The van der Waals surface area contributed by atoms with Crippen LogP contribution in [-0.4, -0.2) is 14.7 Å². The van der Waals surface area contributed by atoms with Crippen LogP contribution in [-0.2, 0) is 20.1 Å². The van der Waals surface area contributed by atoms with Crippen molar-refractivity contribution in [2.24, 2.45) is 7.05 Å². The highest BCUT2D eigenvalue weighted by Crippen LogP contribution is 2.21. The Morgan fingerprint density at radius 2 is 2.21 bits per heavy atom. The summed E-state index contributed by atoms with van der Waals surface area (Å²) < 4.78 is 1.72. The maximum absolute atomic E-state index is 10.7. The van der Waals surface area contributed by atoms with Crippen molar-refractivity contribution in [3.63, 3.8) is 0 Å². The summed E-state index contributed by atoms with van der Waals surface area (Å²) in [5.74, 6) is 0. The van der Waals surface area contributed by atoms with Gasteiger partial charge in [0.2, 0.25) is 0 Å². The van der Waals surface area contributed by atoms with E-state index in [0.717, 1.165) is 5.69 Å². The molecular weight excluding hydrogens is 268 g/mol. The molecule has 0 bridgehead atoms. The molecule has 0 saturated carbocycles. The van der Waals surface area contributed by atoms with Crippen LogP contribution in [0.1, 0.15) is 11.3 Å². The molecule has 1 aromatic carbocycles. The lowest BCUT2D eigenvalue weighted by Gasteiger charge is -2.05. The van der Waals surface area contributed by atoms with Crippen molar-refractivity contribution in [3.8, 4) is 0 Å². The van der Waals surface area contributed by atoms with Crippen molar-refractivity contribution in [3.05, 3.63) is 56.9 Å². The lowest BCUT2D eigenvalue weighted by atomic mass is 10.2. The molecular formula is C12H13ClN4O2. The number of nitrogens with one attached hydrogen (secondary N) is 1. The van der Waals surface area contributed by atoms with Gasteiger partial charge in [0.25, 0.3) is 5.69 Å². The summed E-state index contributed by atoms with van der Waals surface area (Å²) in [5.41, 5.74) is 1.65. The number of nitro benzene ring substituents is 1. The number of nitro groups is 1. The van der Waals surface area contributed by atoms with E-state index in [4.69, 9.17) is 11.6 Å². The molecule has 0 unspecified atom stereocenters. The molecule has 0 aliphatic rings. The van der Waals surface area contributed by atoms with Crippen LogP contribution >= 0.6 is 11.6 Å². The Morgan fingerprint density at radius 3 is 2.84 bits per heavy atom. The fourth-order valence-corrected chi connectivity index (χ4v) is 1.88. The first-order valence-electron chi connectivity index (χ1n) is 5.68. The fourth-order valence-electron chi connectivity index (χ4n) is 1.69. The number of hydrogen-bond donors (Lipinski definition) is 1. The van der Waals surface area contributed by atoms with Gasteiger partial charge in [0.05, 0.1) is 10.6 Å². The molecule has 0 spiro atoms. The monoisotopic (exact) mass is 280 g/mol. The molecule has 2 rings (SSSR count). The predicted molar refractivity (Wildman–Crippen MR) is 71.9 cm³/mol. The highest BCUT2D eigenvalue weighted by Gasteiger charge is 2.09. The maximum Gasteiger partial charge on any atom is 0.269 e. The normalized spacial score (nSPS) is 10.6. The van der Waals surface area contributed by atoms with E-state index in [-0.39, 0.29) is 5.69 Å². The van der Waals surface area contributed by atoms with E-state index in [2.05, 4.69) is 10.4 Å². The Morgan fingerprint density at radius 1 is 1.42 bits per heavy atom. The number of aryl methyl sites for hydroxylation is 1. The van der Waals surface area contributed by atoms with Gasteiger partial charge in [0.1, 0.15) is 0 Å². The molecule has 1 heterocycles. The topological polar surface area (TPSA) is 73.0 Å². The third-order valence-electron chi connectivity index (χ3n) is 2.63. The largest absolute Gasteiger partial charge is 0.307 e. The zero-order chi connectivity index (χ0) is 13.8. The molecule has 0 amide bonds. The fraction of sp³-hybridized carbons (Fsp3) is 0.250. The summed E-state index contributed by atoms with van der Waals surface area (Å²) in [6.07, 6.45) is 1.86. The highest BCUT2D eigenvalue weighted by atomic mass is 35.5. The van der Waals surface area contributed by atoms with Gasteiger partial charge in [-0.05, 0) is 17.7 Å². The van der Waals surface area contributed by atoms with Gasteiger partial charge in [-0.25, -0.2) is 0 Å². The van der Waals surface area contributed by atoms with Gasteiger partial charge in [-0.1, -0.05) is 11.6 Å². The van der Waals surface area contributed by atoms with Crippen LogP contribution < -0.4 is 5.32 Å². The van der Waals surface area contributed by atoms with Gasteiger partial charge in [-0.15, -0.1) is 0 Å². The molecule has 6 nitrogen and oxygen atoms in total. The molecule has 1 aromatic heterocycles. The van der Waals surface area contributed by atoms with Gasteiger partial charge in [-0.3, -0.25) is 14.8 Å². The predicted octanol–water partition coefficient (Wildman–Crippen LogP) is 2.27. The quantitative estimate of drug-likeness (QED) is 0.673. The Bertz CT molecular complexity index is 597. The van der Waals surface area contributed by atoms with Crippen molar-refractivity contribution in [2.45, 2.75) is 13.1 Å². The molecule has 2 aromatic rings. The van der Waals surface area contributed by atoms with Crippen molar-refractivity contribution in [1.29, 1.82) is 0 Å². The molecule has 1 N–H and O–H groups in total. The summed E-state index contributed by atoms with van der Waals surface area (Å²) in [4.78, 5) is 10.3. The molecule has 0 aliphatic carbocycles. The van der Waals surface area contributed by atoms with Gasteiger partial charge < -0.3 is 5.32 Å². The van der Waals surface area contributed by atoms with E-state index in [1.54, 1.807) is 4.68 Å². The smallest absolute Gasteiger partial charge is 0.269 e. The zero-order valence-electron chi connectivity index (χ0n) is 10.3. The standard InChI is InChI=1S/C12H13ClN4O2/c1-16-5-4-10(15-16)8-14-7-9-6-11(17(18)19)2-3-12(9)13/h2-6,14H,7-8H2,1H3. The molecule has 0 saturated heterocycles. The molecule has 0 radical (unpaired) electrons. The second-order valence-corrected chi connectivity index (χ2v) is 4.52. The van der Waals surface area contributed by atoms with Crippen molar-refractivity contribution >= 4 is 17.3 Å². The highest BCUT2D eigenvalue weighted by molar-refractivity contribution is 6.31. The molecule has 100 valence electrons. The Balaban J connectivity index is 1.99. The minimum atomic E-state index is -0.432. The second kappa shape index (κ2) is 5.81. The SMILES string of the molecule is Cn1ccc(CNCc2cc([N+](=O)[O-])ccc2Cl)n1. The summed E-state index contributed by atoms with van der Waals surface area (Å²) in [6.45, 7) is 1.04. The summed E-state index contributed by atoms with van der Waals surface area (Å²) in [6, 6.07) is 6.32. The molecule has 0 fully saturated rings. The van der Waals surface area contributed by atoms with Crippen LogP contribution in [0.5, 0.6) is 0 Å². The van der Waals surface area contributed by atoms with Crippen LogP contribution in [0.3, 0.4) is 0 Å². The van der Waals surface area contributed by atoms with E-state index < -0.39 is 4.92 Å². The number of benzene rings is 1. The number of non-ortho nitro benzene ring substituents is 1. The molecule has 0 atom stereocenters. The number of nitrogens with zero attached hydrogens (tertiary/aromatic N) is 3. The number of hydrogen-bond acceptors (Lipinski definition) is 4. The minimum Gasteiger partial charge on any atom is -0.307 e. The summed E-state index contributed by atoms with van der Waals surface area (Å²) in [7, 11) is 1.85. The molecule has 19 heavy (non-hydrogen) atoms. The van der Waals surface area contributed by atoms with Crippen LogP contribution in [0, 0.1) is 10.1 Å². The average Bonchev–Trinajstić information content (AvgIpc) is 2.77. The Labute approximate surface area is 115 Å². The first-order chi connectivity index (χ1) is 9.06. The third-order valence-corrected chi connectivity index (χ3v) is 3.00. The minimum absolute atomic E-state index is 0.0408. The van der Waals surface area contributed by atoms with Gasteiger partial charge >= 0.3 is 0 Å². The van der Waals surface area contributed by atoms with Gasteiger partial charge in [0.15, 0.2) is 0 Å². The van der Waals surface area contributed by atoms with E-state index >= 15 is 0 Å². The van der Waals surface area contributed by atoms with E-state index in [1.165, 1.54) is 18.2 Å². The van der Waals surface area contributed by atoms with Crippen LogP contribution in [0.15, 0.2) is 30.5 Å². The second-order valence-electron chi connectivity index (χ2n) is 4.12. The lowest BCUT2D eigenvalue weighted by Crippen LogP contribution is -2.13. The molecule has 0 aliphatic heterocycles. The van der Waals surface area contributed by atoms with Crippen LogP contribution in [0.2, 0.25) is 5.02 Å². The Kier molecular flexibility index (Phi) is 4.13. The van der Waals surface area contributed by atoms with Crippen molar-refractivity contribution in [1.82, 2.24) is 15.1 Å². The Hall–Kier alpha value is -1.92. The van der Waals surface area contributed by atoms with E-state index in [0.29, 0.717) is 23.7 Å². The van der Waals surface area contributed by atoms with Gasteiger partial charge in [0, 0.05) is 43.5 Å². The van der Waals surface area contributed by atoms with Crippen LogP contribution in [0.4, 0.5) is 5.69 Å². The number of halogens is 1. The first kappa shape index (κ1) is 13.5. The van der Waals surface area contributed by atoms with Crippen LogP contribution in [0.25, 0.3) is 0 Å². The van der Waals surface area contributed by atoms with Gasteiger partial charge in [-0.2, -0.15) is 5.10 Å². The average molecular weight is 281 g/mol. The first-order valence-corrected chi connectivity index (χ1v) is 6.06. The lowest BCUT2D eigenvalue weighted by molar-refractivity contribution is -0.384. The van der Waals surface area contributed by atoms with Crippen molar-refractivity contribution < 1.29 is 4.92 Å². The number of aromatic nitrogens is 2. The number of rotatable bonds is 5. The van der Waals surface area contributed by atoms with Crippen molar-refractivity contribution in [2.75, 3.05) is 0 Å². The third kappa shape index (κ3) is 3.52. The van der Waals surface area contributed by atoms with E-state index in [1.807, 2.05) is 19.3 Å². The summed E-state index contributed by atoms with van der Waals surface area (Å²) in [5, 5.41) is 18.6. The maximum atomic E-state index is 10.7. The summed E-state index contributed by atoms with van der Waals surface area (Å²) >= 11 is 6.00. The zero-order valence-corrected chi connectivity index (χ0v) is 11.1. The molecule has 7 heteroatoms. The van der Waals surface area contributed by atoms with E-state index in [9.17, 15) is 10.1 Å².